The van der Waals surface area contributed by atoms with Crippen LogP contribution in [0.1, 0.15) is 16.1 Å². The minimum atomic E-state index is -0.381. The van der Waals surface area contributed by atoms with Gasteiger partial charge in [-0.3, -0.25) is 4.79 Å². The lowest BCUT2D eigenvalue weighted by molar-refractivity contribution is 0.103. The summed E-state index contributed by atoms with van der Waals surface area (Å²) in [6, 6.07) is 22.6. The molecule has 34 heavy (non-hydrogen) atoms. The number of carbonyl (C=O) groups excluding carboxylic acids is 1. The van der Waals surface area contributed by atoms with Crippen LogP contribution < -0.4 is 0 Å². The summed E-state index contributed by atoms with van der Waals surface area (Å²) >= 11 is 9.38. The monoisotopic (exact) mass is 534 g/mol. The zero-order valence-corrected chi connectivity index (χ0v) is 20.0. The minimum Gasteiger partial charge on any atom is -0.306 e. The molecule has 0 saturated carbocycles. The first-order valence-electron chi connectivity index (χ1n) is 10.1. The Labute approximate surface area is 209 Å². The van der Waals surface area contributed by atoms with Gasteiger partial charge in [0, 0.05) is 40.4 Å². The summed E-state index contributed by atoms with van der Waals surface area (Å²) in [7, 11) is 0. The van der Waals surface area contributed by atoms with E-state index >= 15 is 0 Å². The lowest BCUT2D eigenvalue weighted by Gasteiger charge is -2.07. The Morgan fingerprint density at radius 2 is 1.62 bits per heavy atom. The molecule has 0 N–H and O–H groups in total. The van der Waals surface area contributed by atoms with Gasteiger partial charge in [-0.1, -0.05) is 41.9 Å². The molecule has 2 heterocycles. The molecule has 0 aliphatic carbocycles. The highest BCUT2D eigenvalue weighted by atomic mass is 79.9. The Kier molecular flexibility index (Phi) is 7.57. The van der Waals surface area contributed by atoms with Crippen LogP contribution in [-0.4, -0.2) is 25.3 Å². The normalized spacial score (nSPS) is 10.3. The van der Waals surface area contributed by atoms with E-state index < -0.39 is 0 Å². The number of hydrogen-bond donors (Lipinski definition) is 0. The van der Waals surface area contributed by atoms with Crippen molar-refractivity contribution in [3.05, 3.63) is 131 Å². The molecular formula is C26H17BrClFN4O. The summed E-state index contributed by atoms with van der Waals surface area (Å²) in [6.45, 7) is 0. The maximum absolute atomic E-state index is 13.0. The van der Waals surface area contributed by atoms with Crippen molar-refractivity contribution in [3.63, 3.8) is 0 Å². The SMILES string of the molecule is Brc1ncccn1.O=C(c1ccc(F)cc1)c1cn(-c2cccc(-c3ccccc3Cl)c2)cn1. The molecule has 5 rings (SSSR count). The Bertz CT molecular complexity index is 1410. The summed E-state index contributed by atoms with van der Waals surface area (Å²) in [4.78, 5) is 24.3. The maximum atomic E-state index is 13.0. The van der Waals surface area contributed by atoms with Crippen molar-refractivity contribution in [2.75, 3.05) is 0 Å². The molecule has 0 bridgehead atoms. The molecule has 8 heteroatoms. The van der Waals surface area contributed by atoms with E-state index in [1.807, 2.05) is 48.5 Å². The third-order valence-corrected chi connectivity index (χ3v) is 5.52. The Morgan fingerprint density at radius 3 is 2.29 bits per heavy atom. The Balaban J connectivity index is 0.000000336. The van der Waals surface area contributed by atoms with Crippen molar-refractivity contribution in [1.29, 1.82) is 0 Å². The largest absolute Gasteiger partial charge is 0.306 e. The molecule has 5 nitrogen and oxygen atoms in total. The zero-order chi connectivity index (χ0) is 23.9. The molecule has 3 aromatic carbocycles. The highest BCUT2D eigenvalue weighted by Gasteiger charge is 2.13. The third-order valence-electron chi connectivity index (χ3n) is 4.79. The number of aromatic nitrogens is 4. The topological polar surface area (TPSA) is 60.7 Å². The first kappa shape index (κ1) is 23.5. The summed E-state index contributed by atoms with van der Waals surface area (Å²) < 4.78 is 15.5. The molecule has 0 unspecified atom stereocenters. The quantitative estimate of drug-likeness (QED) is 0.188. The van der Waals surface area contributed by atoms with E-state index in [4.69, 9.17) is 11.6 Å². The van der Waals surface area contributed by atoms with E-state index in [0.717, 1.165) is 16.8 Å². The number of rotatable bonds is 4. The van der Waals surface area contributed by atoms with Crippen molar-refractivity contribution in [3.8, 4) is 16.8 Å². The molecule has 5 aromatic rings. The van der Waals surface area contributed by atoms with E-state index in [9.17, 15) is 9.18 Å². The lowest BCUT2D eigenvalue weighted by Crippen LogP contribution is -2.01. The second-order valence-corrected chi connectivity index (χ2v) is 8.17. The van der Waals surface area contributed by atoms with Crippen LogP contribution in [0.25, 0.3) is 16.8 Å². The van der Waals surface area contributed by atoms with Crippen molar-refractivity contribution in [1.82, 2.24) is 19.5 Å². The van der Waals surface area contributed by atoms with Crippen LogP contribution in [0.4, 0.5) is 4.39 Å². The van der Waals surface area contributed by atoms with Gasteiger partial charge in [0.1, 0.15) is 17.8 Å². The van der Waals surface area contributed by atoms with Gasteiger partial charge in [0.25, 0.3) is 0 Å². The predicted octanol–water partition coefficient (Wildman–Crippen LogP) is 6.80. The number of hydrogen-bond acceptors (Lipinski definition) is 4. The van der Waals surface area contributed by atoms with Gasteiger partial charge in [-0.2, -0.15) is 0 Å². The highest BCUT2D eigenvalue weighted by molar-refractivity contribution is 9.10. The molecule has 0 spiro atoms. The molecule has 0 aliphatic rings. The van der Waals surface area contributed by atoms with E-state index in [-0.39, 0.29) is 11.6 Å². The molecule has 0 radical (unpaired) electrons. The van der Waals surface area contributed by atoms with Crippen molar-refractivity contribution < 1.29 is 9.18 Å². The van der Waals surface area contributed by atoms with Gasteiger partial charge in [0.05, 0.1) is 0 Å². The first-order valence-corrected chi connectivity index (χ1v) is 11.3. The number of benzene rings is 3. The van der Waals surface area contributed by atoms with E-state index in [1.54, 1.807) is 35.6 Å². The molecule has 0 saturated heterocycles. The van der Waals surface area contributed by atoms with Gasteiger partial charge in [-0.25, -0.2) is 19.3 Å². The van der Waals surface area contributed by atoms with Gasteiger partial charge in [0.15, 0.2) is 4.73 Å². The van der Waals surface area contributed by atoms with Gasteiger partial charge in [-0.05, 0) is 70.0 Å². The van der Waals surface area contributed by atoms with Crippen LogP contribution in [-0.2, 0) is 0 Å². The third kappa shape index (κ3) is 5.81. The second-order valence-electron chi connectivity index (χ2n) is 7.05. The molecule has 0 atom stereocenters. The van der Waals surface area contributed by atoms with E-state index in [2.05, 4.69) is 30.9 Å². The molecule has 0 amide bonds. The molecule has 2 aromatic heterocycles. The highest BCUT2D eigenvalue weighted by Crippen LogP contribution is 2.29. The lowest BCUT2D eigenvalue weighted by atomic mass is 10.1. The predicted molar refractivity (Wildman–Crippen MR) is 134 cm³/mol. The molecule has 168 valence electrons. The number of nitrogens with zero attached hydrogens (tertiary/aromatic N) is 4. The van der Waals surface area contributed by atoms with E-state index in [0.29, 0.717) is 21.0 Å². The standard InChI is InChI=1S/C22H14ClFN2O.C4H3BrN2/c23-20-7-2-1-6-19(20)16-4-3-5-18(12-16)26-13-21(25-14-26)22(27)15-8-10-17(24)11-9-15;5-4-6-2-1-3-7-4/h1-14H;1-3H. The number of imidazole rings is 1. The fourth-order valence-corrected chi connectivity index (χ4v) is 3.62. The average molecular weight is 536 g/mol. The van der Waals surface area contributed by atoms with Crippen LogP contribution >= 0.6 is 27.5 Å². The summed E-state index contributed by atoms with van der Waals surface area (Å²) in [6.07, 6.45) is 6.61. The van der Waals surface area contributed by atoms with Gasteiger partial charge >= 0.3 is 0 Å². The van der Waals surface area contributed by atoms with Crippen molar-refractivity contribution in [2.24, 2.45) is 0 Å². The van der Waals surface area contributed by atoms with Crippen LogP contribution in [0.3, 0.4) is 0 Å². The second kappa shape index (κ2) is 11.0. The molecule has 0 aliphatic heterocycles. The Hall–Kier alpha value is -3.68. The zero-order valence-electron chi connectivity index (χ0n) is 17.6. The number of carbonyl (C=O) groups is 1. The van der Waals surface area contributed by atoms with Gasteiger partial charge < -0.3 is 4.57 Å². The number of ketones is 1. The fourth-order valence-electron chi connectivity index (χ4n) is 3.14. The van der Waals surface area contributed by atoms with Crippen LogP contribution in [0, 0.1) is 5.82 Å². The van der Waals surface area contributed by atoms with Crippen LogP contribution in [0.2, 0.25) is 5.02 Å². The summed E-state index contributed by atoms with van der Waals surface area (Å²) in [5, 5.41) is 0.674. The average Bonchev–Trinajstić information content (AvgIpc) is 3.36. The van der Waals surface area contributed by atoms with Crippen LogP contribution in [0.15, 0.2) is 109 Å². The summed E-state index contributed by atoms with van der Waals surface area (Å²) in [5.74, 6) is -0.635. The van der Waals surface area contributed by atoms with Gasteiger partial charge in [0.2, 0.25) is 5.78 Å². The maximum Gasteiger partial charge on any atom is 0.212 e. The van der Waals surface area contributed by atoms with Crippen molar-refractivity contribution in [2.45, 2.75) is 0 Å². The molecular weight excluding hydrogens is 519 g/mol. The number of halogens is 3. The smallest absolute Gasteiger partial charge is 0.212 e. The van der Waals surface area contributed by atoms with Crippen LogP contribution in [0.5, 0.6) is 0 Å². The van der Waals surface area contributed by atoms with Crippen molar-refractivity contribution >= 4 is 33.3 Å². The van der Waals surface area contributed by atoms with E-state index in [1.165, 1.54) is 24.3 Å². The summed E-state index contributed by atoms with van der Waals surface area (Å²) in [5.41, 5.74) is 3.45. The first-order chi connectivity index (χ1) is 16.5. The fraction of sp³-hybridized carbons (Fsp3) is 0. The molecule has 0 fully saturated rings. The minimum absolute atomic E-state index is 0.254. The Morgan fingerprint density at radius 1 is 0.882 bits per heavy atom. The van der Waals surface area contributed by atoms with Gasteiger partial charge in [-0.15, -0.1) is 0 Å².